The molecule has 1 saturated heterocycles. The molecule has 1 saturated carbocycles. The molecule has 6 heteroatoms. The SMILES string of the molecule is CN=C(NCC1CCN(Cc2cccs2)CC1)NC1CCCC1.I. The maximum Gasteiger partial charge on any atom is 0.191 e. The smallest absolute Gasteiger partial charge is 0.191 e. The Morgan fingerprint density at radius 3 is 2.62 bits per heavy atom. The molecule has 0 unspecified atom stereocenters. The highest BCUT2D eigenvalue weighted by molar-refractivity contribution is 14.0. The summed E-state index contributed by atoms with van der Waals surface area (Å²) in [5.74, 6) is 1.77. The minimum absolute atomic E-state index is 0. The van der Waals surface area contributed by atoms with Crippen LogP contribution in [0.25, 0.3) is 0 Å². The molecular weight excluding hydrogens is 431 g/mol. The highest BCUT2D eigenvalue weighted by atomic mass is 127. The third-order valence-corrected chi connectivity index (χ3v) is 6.01. The predicted octanol–water partition coefficient (Wildman–Crippen LogP) is 3.69. The zero-order valence-corrected chi connectivity index (χ0v) is 17.8. The number of nitrogens with one attached hydrogen (secondary N) is 2. The number of piperidine rings is 1. The number of guanidine groups is 1. The zero-order chi connectivity index (χ0) is 15.9. The van der Waals surface area contributed by atoms with Crippen molar-refractivity contribution in [2.45, 2.75) is 51.1 Å². The van der Waals surface area contributed by atoms with Gasteiger partial charge < -0.3 is 10.6 Å². The average Bonchev–Trinajstić information content (AvgIpc) is 3.26. The Balaban J connectivity index is 0.00000208. The lowest BCUT2D eigenvalue weighted by Gasteiger charge is -2.32. The molecule has 4 nitrogen and oxygen atoms in total. The monoisotopic (exact) mass is 462 g/mol. The quantitative estimate of drug-likeness (QED) is 0.399. The third kappa shape index (κ3) is 6.19. The van der Waals surface area contributed by atoms with Gasteiger partial charge in [0.2, 0.25) is 0 Å². The van der Waals surface area contributed by atoms with Crippen LogP contribution < -0.4 is 10.6 Å². The lowest BCUT2D eigenvalue weighted by Crippen LogP contribution is -2.45. The lowest BCUT2D eigenvalue weighted by atomic mass is 9.97. The number of hydrogen-bond donors (Lipinski definition) is 2. The summed E-state index contributed by atoms with van der Waals surface area (Å²) in [7, 11) is 1.88. The fourth-order valence-corrected chi connectivity index (χ4v) is 4.42. The number of likely N-dealkylation sites (tertiary alicyclic amines) is 1. The Morgan fingerprint density at radius 2 is 2.00 bits per heavy atom. The molecule has 136 valence electrons. The molecular formula is C18H31IN4S. The van der Waals surface area contributed by atoms with Crippen molar-refractivity contribution in [2.75, 3.05) is 26.7 Å². The highest BCUT2D eigenvalue weighted by Gasteiger charge is 2.20. The summed E-state index contributed by atoms with van der Waals surface area (Å²) in [6.07, 6.45) is 7.88. The first-order chi connectivity index (χ1) is 11.3. The van der Waals surface area contributed by atoms with Crippen molar-refractivity contribution >= 4 is 41.3 Å². The summed E-state index contributed by atoms with van der Waals surface area (Å²) in [4.78, 5) is 8.47. The van der Waals surface area contributed by atoms with Crippen molar-refractivity contribution in [3.05, 3.63) is 22.4 Å². The van der Waals surface area contributed by atoms with E-state index >= 15 is 0 Å². The average molecular weight is 462 g/mol. The van der Waals surface area contributed by atoms with Crippen LogP contribution in [0.3, 0.4) is 0 Å². The Labute approximate surface area is 167 Å². The van der Waals surface area contributed by atoms with Gasteiger partial charge in [0.25, 0.3) is 0 Å². The summed E-state index contributed by atoms with van der Waals surface area (Å²) >= 11 is 1.87. The first kappa shape index (κ1) is 20.0. The number of thiophene rings is 1. The van der Waals surface area contributed by atoms with Gasteiger partial charge in [0.15, 0.2) is 5.96 Å². The van der Waals surface area contributed by atoms with Gasteiger partial charge in [0.05, 0.1) is 0 Å². The molecule has 0 amide bonds. The summed E-state index contributed by atoms with van der Waals surface area (Å²) in [5.41, 5.74) is 0. The number of halogens is 1. The molecule has 0 atom stereocenters. The zero-order valence-electron chi connectivity index (χ0n) is 14.7. The minimum Gasteiger partial charge on any atom is -0.356 e. The molecule has 0 bridgehead atoms. The van der Waals surface area contributed by atoms with Gasteiger partial charge >= 0.3 is 0 Å². The van der Waals surface area contributed by atoms with Crippen LogP contribution in [-0.4, -0.2) is 43.6 Å². The van der Waals surface area contributed by atoms with E-state index in [4.69, 9.17) is 0 Å². The van der Waals surface area contributed by atoms with Crippen LogP contribution in [0.1, 0.15) is 43.4 Å². The van der Waals surface area contributed by atoms with E-state index in [0.717, 1.165) is 25.0 Å². The molecule has 3 rings (SSSR count). The second-order valence-corrected chi connectivity index (χ2v) is 7.91. The second kappa shape index (κ2) is 10.6. The predicted molar refractivity (Wildman–Crippen MR) is 114 cm³/mol. The molecule has 2 aliphatic rings. The molecule has 2 heterocycles. The van der Waals surface area contributed by atoms with Gasteiger partial charge in [0, 0.05) is 31.1 Å². The first-order valence-electron chi connectivity index (χ1n) is 9.05. The maximum absolute atomic E-state index is 4.39. The summed E-state index contributed by atoms with van der Waals surface area (Å²) in [6, 6.07) is 5.03. The van der Waals surface area contributed by atoms with Crippen LogP contribution in [0.5, 0.6) is 0 Å². The fourth-order valence-electron chi connectivity index (χ4n) is 3.67. The van der Waals surface area contributed by atoms with E-state index in [2.05, 4.69) is 38.0 Å². The Morgan fingerprint density at radius 1 is 1.25 bits per heavy atom. The molecule has 24 heavy (non-hydrogen) atoms. The highest BCUT2D eigenvalue weighted by Crippen LogP contribution is 2.20. The standard InChI is InChI=1S/C18H30N4S.HI/c1-19-18(21-16-5-2-3-6-16)20-13-15-8-10-22(11-9-15)14-17-7-4-12-23-17;/h4,7,12,15-16H,2-3,5-6,8-11,13-14H2,1H3,(H2,19,20,21);1H. The van der Waals surface area contributed by atoms with Crippen molar-refractivity contribution in [3.8, 4) is 0 Å². The molecule has 2 fully saturated rings. The van der Waals surface area contributed by atoms with Crippen LogP contribution in [0.4, 0.5) is 0 Å². The van der Waals surface area contributed by atoms with Crippen molar-refractivity contribution in [3.63, 3.8) is 0 Å². The summed E-state index contributed by atoms with van der Waals surface area (Å²) < 4.78 is 0. The van der Waals surface area contributed by atoms with Crippen LogP contribution in [0, 0.1) is 5.92 Å². The molecule has 1 aromatic rings. The molecule has 1 aliphatic heterocycles. The van der Waals surface area contributed by atoms with Crippen LogP contribution >= 0.6 is 35.3 Å². The fraction of sp³-hybridized carbons (Fsp3) is 0.722. The van der Waals surface area contributed by atoms with Gasteiger partial charge in [-0.2, -0.15) is 0 Å². The molecule has 1 aliphatic carbocycles. The van der Waals surface area contributed by atoms with Crippen molar-refractivity contribution in [2.24, 2.45) is 10.9 Å². The molecule has 0 aromatic carbocycles. The van der Waals surface area contributed by atoms with E-state index in [1.54, 1.807) is 0 Å². The van der Waals surface area contributed by atoms with Gasteiger partial charge in [-0.3, -0.25) is 9.89 Å². The Kier molecular flexibility index (Phi) is 8.83. The van der Waals surface area contributed by atoms with Gasteiger partial charge in [-0.1, -0.05) is 18.9 Å². The van der Waals surface area contributed by atoms with Crippen LogP contribution in [0.15, 0.2) is 22.5 Å². The second-order valence-electron chi connectivity index (χ2n) is 6.88. The van der Waals surface area contributed by atoms with Gasteiger partial charge in [0.1, 0.15) is 0 Å². The van der Waals surface area contributed by atoms with Crippen molar-refractivity contribution in [1.29, 1.82) is 0 Å². The number of rotatable bonds is 5. The molecule has 0 radical (unpaired) electrons. The number of hydrogen-bond acceptors (Lipinski definition) is 3. The van der Waals surface area contributed by atoms with Crippen LogP contribution in [0.2, 0.25) is 0 Å². The van der Waals surface area contributed by atoms with E-state index in [9.17, 15) is 0 Å². The molecule has 2 N–H and O–H groups in total. The maximum atomic E-state index is 4.39. The Bertz CT molecular complexity index is 477. The largest absolute Gasteiger partial charge is 0.356 e. The normalized spacial score (nSPS) is 20.8. The van der Waals surface area contributed by atoms with Crippen molar-refractivity contribution in [1.82, 2.24) is 15.5 Å². The number of aliphatic imine (C=N–C) groups is 1. The molecule has 0 spiro atoms. The minimum atomic E-state index is 0. The topological polar surface area (TPSA) is 39.7 Å². The third-order valence-electron chi connectivity index (χ3n) is 5.14. The van der Waals surface area contributed by atoms with Gasteiger partial charge in [-0.25, -0.2) is 0 Å². The van der Waals surface area contributed by atoms with E-state index in [1.807, 2.05) is 18.4 Å². The van der Waals surface area contributed by atoms with E-state index in [1.165, 1.54) is 56.5 Å². The lowest BCUT2D eigenvalue weighted by molar-refractivity contribution is 0.179. The van der Waals surface area contributed by atoms with Crippen molar-refractivity contribution < 1.29 is 0 Å². The van der Waals surface area contributed by atoms with Gasteiger partial charge in [-0.15, -0.1) is 35.3 Å². The first-order valence-corrected chi connectivity index (χ1v) is 9.93. The van der Waals surface area contributed by atoms with Gasteiger partial charge in [-0.05, 0) is 56.1 Å². The van der Waals surface area contributed by atoms with E-state index < -0.39 is 0 Å². The van der Waals surface area contributed by atoms with E-state index in [-0.39, 0.29) is 24.0 Å². The van der Waals surface area contributed by atoms with Crippen LogP contribution in [-0.2, 0) is 6.54 Å². The Hall–Kier alpha value is -0.340. The van der Waals surface area contributed by atoms with E-state index in [0.29, 0.717) is 6.04 Å². The summed E-state index contributed by atoms with van der Waals surface area (Å²) in [6.45, 7) is 4.62. The molecule has 1 aromatic heterocycles. The summed E-state index contributed by atoms with van der Waals surface area (Å²) in [5, 5.41) is 9.30. The number of nitrogens with zero attached hydrogens (tertiary/aromatic N) is 2.